The molecule has 2 N–H and O–H groups in total. The van der Waals surface area contributed by atoms with Gasteiger partial charge in [-0.3, -0.25) is 0 Å². The lowest BCUT2D eigenvalue weighted by Gasteiger charge is -2.09. The maximum atomic E-state index is 12.8. The monoisotopic (exact) mass is 205 g/mol. The number of hydroxylamine groups is 1. The first-order chi connectivity index (χ1) is 6.19. The largest absolute Gasteiger partial charge is 0.495 e. The molecule has 0 fully saturated rings. The third-order valence-electron chi connectivity index (χ3n) is 1.56. The molecule has 0 saturated carbocycles. The highest BCUT2D eigenvalue weighted by atomic mass is 35.5. The van der Waals surface area contributed by atoms with E-state index in [1.165, 1.54) is 13.2 Å². The van der Waals surface area contributed by atoms with Crippen LogP contribution in [0.2, 0.25) is 5.02 Å². The molecule has 0 heterocycles. The van der Waals surface area contributed by atoms with Gasteiger partial charge < -0.3 is 9.94 Å². The quantitative estimate of drug-likeness (QED) is 0.742. The maximum Gasteiger partial charge on any atom is 0.142 e. The Bertz CT molecular complexity index is 306. The minimum Gasteiger partial charge on any atom is -0.495 e. The molecule has 1 aromatic rings. The minimum atomic E-state index is -0.462. The van der Waals surface area contributed by atoms with Crippen LogP contribution in [0.1, 0.15) is 5.56 Å². The molecule has 0 spiro atoms. The fourth-order valence-electron chi connectivity index (χ4n) is 1.06. The highest BCUT2D eigenvalue weighted by Gasteiger charge is 2.09. The van der Waals surface area contributed by atoms with E-state index in [1.54, 1.807) is 0 Å². The Morgan fingerprint density at radius 3 is 2.85 bits per heavy atom. The molecule has 0 amide bonds. The summed E-state index contributed by atoms with van der Waals surface area (Å²) >= 11 is 5.70. The Hall–Kier alpha value is -0.840. The second-order valence-corrected chi connectivity index (χ2v) is 2.82. The Labute approximate surface area is 80.0 Å². The fourth-order valence-corrected chi connectivity index (χ4v) is 1.36. The van der Waals surface area contributed by atoms with Crippen molar-refractivity contribution in [1.29, 1.82) is 0 Å². The van der Waals surface area contributed by atoms with Gasteiger partial charge in [0, 0.05) is 12.1 Å². The van der Waals surface area contributed by atoms with Crippen molar-refractivity contribution in [2.75, 3.05) is 7.11 Å². The molecule has 0 aliphatic rings. The summed E-state index contributed by atoms with van der Waals surface area (Å²) < 4.78 is 17.8. The number of benzene rings is 1. The zero-order chi connectivity index (χ0) is 9.84. The lowest BCUT2D eigenvalue weighted by Crippen LogP contribution is -2.08. The van der Waals surface area contributed by atoms with E-state index in [-0.39, 0.29) is 11.6 Å². The first-order valence-corrected chi connectivity index (χ1v) is 3.95. The Morgan fingerprint density at radius 2 is 2.31 bits per heavy atom. The van der Waals surface area contributed by atoms with E-state index in [1.807, 2.05) is 5.48 Å². The van der Waals surface area contributed by atoms with Crippen LogP contribution in [0.15, 0.2) is 12.1 Å². The highest BCUT2D eigenvalue weighted by molar-refractivity contribution is 6.32. The molecule has 0 radical (unpaired) electrons. The normalized spacial score (nSPS) is 10.2. The Balaban J connectivity index is 3.13. The highest BCUT2D eigenvalue weighted by Crippen LogP contribution is 2.29. The van der Waals surface area contributed by atoms with E-state index in [4.69, 9.17) is 21.5 Å². The van der Waals surface area contributed by atoms with Crippen molar-refractivity contribution in [2.45, 2.75) is 6.54 Å². The average Bonchev–Trinajstić information content (AvgIpc) is 2.04. The van der Waals surface area contributed by atoms with Gasteiger partial charge in [0.05, 0.1) is 12.1 Å². The van der Waals surface area contributed by atoms with Crippen LogP contribution < -0.4 is 10.2 Å². The molecule has 1 aromatic carbocycles. The minimum absolute atomic E-state index is 0.0840. The standard InChI is InChI=1S/C8H9ClFNO2/c1-13-8-5(4-11-12)2-6(10)3-7(8)9/h2-3,11-12H,4H2,1H3. The first-order valence-electron chi connectivity index (χ1n) is 3.58. The SMILES string of the molecule is COc1c(Cl)cc(F)cc1CNO. The van der Waals surface area contributed by atoms with Gasteiger partial charge >= 0.3 is 0 Å². The molecule has 0 unspecified atom stereocenters. The summed E-state index contributed by atoms with van der Waals surface area (Å²) in [5, 5.41) is 8.64. The number of hydrogen-bond donors (Lipinski definition) is 2. The molecule has 0 atom stereocenters. The summed E-state index contributed by atoms with van der Waals surface area (Å²) in [6, 6.07) is 2.40. The van der Waals surface area contributed by atoms with Crippen LogP contribution >= 0.6 is 11.6 Å². The van der Waals surface area contributed by atoms with Crippen LogP contribution in [0.3, 0.4) is 0 Å². The van der Waals surface area contributed by atoms with Crippen LogP contribution in [-0.2, 0) is 6.54 Å². The van der Waals surface area contributed by atoms with Crippen molar-refractivity contribution in [3.05, 3.63) is 28.5 Å². The van der Waals surface area contributed by atoms with Crippen LogP contribution in [0.4, 0.5) is 4.39 Å². The molecule has 0 saturated heterocycles. The molecule has 72 valence electrons. The first kappa shape index (κ1) is 10.2. The molecule has 0 bridgehead atoms. The summed E-state index contributed by atoms with van der Waals surface area (Å²) in [5.74, 6) is -0.0966. The fraction of sp³-hybridized carbons (Fsp3) is 0.250. The van der Waals surface area contributed by atoms with E-state index in [0.29, 0.717) is 11.3 Å². The van der Waals surface area contributed by atoms with E-state index < -0.39 is 5.82 Å². The maximum absolute atomic E-state index is 12.8. The molecular formula is C8H9ClFNO2. The van der Waals surface area contributed by atoms with Gasteiger partial charge in [-0.25, -0.2) is 9.87 Å². The van der Waals surface area contributed by atoms with Gasteiger partial charge in [-0.1, -0.05) is 11.6 Å². The van der Waals surface area contributed by atoms with Crippen LogP contribution in [-0.4, -0.2) is 12.3 Å². The molecule has 0 aromatic heterocycles. The summed E-state index contributed by atoms with van der Waals surface area (Å²) in [5.41, 5.74) is 2.38. The van der Waals surface area contributed by atoms with Crippen molar-refractivity contribution < 1.29 is 14.3 Å². The van der Waals surface area contributed by atoms with Gasteiger partial charge in [0.2, 0.25) is 0 Å². The molecule has 3 nitrogen and oxygen atoms in total. The van der Waals surface area contributed by atoms with E-state index in [9.17, 15) is 4.39 Å². The number of ether oxygens (including phenoxy) is 1. The Kier molecular flexibility index (Phi) is 3.48. The smallest absolute Gasteiger partial charge is 0.142 e. The second kappa shape index (κ2) is 4.41. The lowest BCUT2D eigenvalue weighted by atomic mass is 10.2. The van der Waals surface area contributed by atoms with Crippen LogP contribution in [0.5, 0.6) is 5.75 Å². The molecule has 0 aliphatic carbocycles. The number of halogens is 2. The summed E-state index contributed by atoms with van der Waals surface area (Å²) in [6.45, 7) is 0.0840. The third-order valence-corrected chi connectivity index (χ3v) is 1.84. The lowest BCUT2D eigenvalue weighted by molar-refractivity contribution is 0.160. The molecule has 5 heteroatoms. The van der Waals surface area contributed by atoms with Crippen molar-refractivity contribution in [3.8, 4) is 5.75 Å². The zero-order valence-corrected chi connectivity index (χ0v) is 7.73. The molecular weight excluding hydrogens is 197 g/mol. The molecule has 13 heavy (non-hydrogen) atoms. The van der Waals surface area contributed by atoms with Gasteiger partial charge in [-0.2, -0.15) is 0 Å². The average molecular weight is 206 g/mol. The predicted molar refractivity (Wildman–Crippen MR) is 46.6 cm³/mol. The van der Waals surface area contributed by atoms with Gasteiger partial charge in [0.15, 0.2) is 0 Å². The summed E-state index contributed by atoms with van der Waals surface area (Å²) in [7, 11) is 1.43. The number of nitrogens with one attached hydrogen (secondary N) is 1. The molecule has 0 aliphatic heterocycles. The van der Waals surface area contributed by atoms with Gasteiger partial charge in [0.1, 0.15) is 11.6 Å². The second-order valence-electron chi connectivity index (χ2n) is 2.41. The number of rotatable bonds is 3. The predicted octanol–water partition coefficient (Wildman–Crippen LogP) is 1.97. The van der Waals surface area contributed by atoms with Crippen molar-refractivity contribution in [2.24, 2.45) is 0 Å². The topological polar surface area (TPSA) is 41.5 Å². The van der Waals surface area contributed by atoms with Crippen molar-refractivity contribution in [3.63, 3.8) is 0 Å². The third kappa shape index (κ3) is 2.30. The van der Waals surface area contributed by atoms with Crippen LogP contribution in [0, 0.1) is 5.82 Å². The molecule has 1 rings (SSSR count). The zero-order valence-electron chi connectivity index (χ0n) is 6.97. The summed E-state index contributed by atoms with van der Waals surface area (Å²) in [6.07, 6.45) is 0. The summed E-state index contributed by atoms with van der Waals surface area (Å²) in [4.78, 5) is 0. The Morgan fingerprint density at radius 1 is 1.62 bits per heavy atom. The van der Waals surface area contributed by atoms with Crippen molar-refractivity contribution >= 4 is 11.6 Å². The van der Waals surface area contributed by atoms with Gasteiger partial charge in [-0.15, -0.1) is 0 Å². The van der Waals surface area contributed by atoms with E-state index in [0.717, 1.165) is 6.07 Å². The van der Waals surface area contributed by atoms with Gasteiger partial charge in [-0.05, 0) is 12.1 Å². The van der Waals surface area contributed by atoms with Crippen LogP contribution in [0.25, 0.3) is 0 Å². The van der Waals surface area contributed by atoms with Gasteiger partial charge in [0.25, 0.3) is 0 Å². The van der Waals surface area contributed by atoms with E-state index >= 15 is 0 Å². The van der Waals surface area contributed by atoms with Crippen molar-refractivity contribution in [1.82, 2.24) is 5.48 Å². The number of methoxy groups -OCH3 is 1. The number of hydrogen-bond acceptors (Lipinski definition) is 3. The van der Waals surface area contributed by atoms with E-state index in [2.05, 4.69) is 0 Å².